The summed E-state index contributed by atoms with van der Waals surface area (Å²) in [5, 5.41) is 7.89. The Hall–Kier alpha value is -0.830. The zero-order valence-electron chi connectivity index (χ0n) is 11.5. The third kappa shape index (κ3) is 3.97. The Balaban J connectivity index is 2.61. The third-order valence-electron chi connectivity index (χ3n) is 2.75. The topological polar surface area (TPSA) is 29.9 Å². The third-order valence-corrected chi connectivity index (χ3v) is 2.75. The van der Waals surface area contributed by atoms with E-state index in [2.05, 4.69) is 44.2 Å². The number of nitrogens with one attached hydrogen (secondary N) is 1. The molecule has 0 aliphatic rings. The van der Waals surface area contributed by atoms with Gasteiger partial charge < -0.3 is 5.32 Å². The van der Waals surface area contributed by atoms with E-state index < -0.39 is 0 Å². The van der Waals surface area contributed by atoms with Crippen LogP contribution in [0.1, 0.15) is 39.1 Å². The molecule has 1 rings (SSSR count). The molecule has 1 N–H and O–H groups in total. The monoisotopic (exact) mass is 223 g/mol. The van der Waals surface area contributed by atoms with Crippen molar-refractivity contribution >= 4 is 0 Å². The highest BCUT2D eigenvalue weighted by Crippen LogP contribution is 2.21. The van der Waals surface area contributed by atoms with Gasteiger partial charge in [0.05, 0.1) is 5.69 Å². The minimum atomic E-state index is 0.268. The lowest BCUT2D eigenvalue weighted by molar-refractivity contribution is 0.318. The number of rotatable bonds is 5. The van der Waals surface area contributed by atoms with Gasteiger partial charge in [-0.05, 0) is 24.8 Å². The number of nitrogens with zero attached hydrogens (tertiary/aromatic N) is 2. The van der Waals surface area contributed by atoms with E-state index in [4.69, 9.17) is 0 Å². The van der Waals surface area contributed by atoms with Crippen molar-refractivity contribution < 1.29 is 0 Å². The lowest BCUT2D eigenvalue weighted by Gasteiger charge is -2.26. The van der Waals surface area contributed by atoms with Crippen molar-refractivity contribution in [1.82, 2.24) is 15.1 Å². The Labute approximate surface area is 99.2 Å². The molecule has 0 unspecified atom stereocenters. The van der Waals surface area contributed by atoms with Crippen LogP contribution in [0.15, 0.2) is 6.07 Å². The van der Waals surface area contributed by atoms with Gasteiger partial charge in [-0.3, -0.25) is 4.68 Å². The van der Waals surface area contributed by atoms with Gasteiger partial charge in [0.1, 0.15) is 0 Å². The van der Waals surface area contributed by atoms with Crippen LogP contribution < -0.4 is 5.32 Å². The van der Waals surface area contributed by atoms with E-state index in [1.807, 2.05) is 18.7 Å². The van der Waals surface area contributed by atoms with E-state index in [0.717, 1.165) is 18.7 Å². The molecule has 0 aliphatic heterocycles. The smallest absolute Gasteiger partial charge is 0.0596 e. The highest BCUT2D eigenvalue weighted by molar-refractivity contribution is 5.10. The Bertz CT molecular complexity index is 337. The quantitative estimate of drug-likeness (QED) is 0.830. The minimum Gasteiger partial charge on any atom is -0.314 e. The summed E-state index contributed by atoms with van der Waals surface area (Å²) in [4.78, 5) is 0. The van der Waals surface area contributed by atoms with E-state index in [1.165, 1.54) is 5.69 Å². The van der Waals surface area contributed by atoms with Gasteiger partial charge in [0.25, 0.3) is 0 Å². The Morgan fingerprint density at radius 2 is 2.06 bits per heavy atom. The average molecular weight is 223 g/mol. The first-order valence-electron chi connectivity index (χ1n) is 6.03. The largest absolute Gasteiger partial charge is 0.314 e. The number of aromatic nitrogens is 2. The maximum atomic E-state index is 4.39. The van der Waals surface area contributed by atoms with Gasteiger partial charge in [0.15, 0.2) is 0 Å². The summed E-state index contributed by atoms with van der Waals surface area (Å²) in [5.41, 5.74) is 2.68. The van der Waals surface area contributed by atoms with Crippen LogP contribution in [0.25, 0.3) is 0 Å². The summed E-state index contributed by atoms with van der Waals surface area (Å²) in [6.07, 6.45) is 1.06. The van der Waals surface area contributed by atoms with Crippen molar-refractivity contribution in [2.24, 2.45) is 12.5 Å². The standard InChI is InChI=1S/C13H25N3/c1-10(2)14-9-13(4,5)8-12-7-11(3)15-16(12)6/h7,10,14H,8-9H2,1-6H3. The summed E-state index contributed by atoms with van der Waals surface area (Å²) in [7, 11) is 2.02. The maximum Gasteiger partial charge on any atom is 0.0596 e. The fourth-order valence-electron chi connectivity index (χ4n) is 1.86. The Morgan fingerprint density at radius 3 is 2.50 bits per heavy atom. The van der Waals surface area contributed by atoms with Crippen molar-refractivity contribution in [3.8, 4) is 0 Å². The molecule has 0 amide bonds. The average Bonchev–Trinajstić information content (AvgIpc) is 2.41. The first-order valence-corrected chi connectivity index (χ1v) is 6.03. The molecule has 0 radical (unpaired) electrons. The predicted octanol–water partition coefficient (Wildman–Crippen LogP) is 2.30. The van der Waals surface area contributed by atoms with E-state index in [0.29, 0.717) is 6.04 Å². The second-order valence-electron chi connectivity index (χ2n) is 5.78. The first-order chi connectivity index (χ1) is 7.30. The SMILES string of the molecule is Cc1cc(CC(C)(C)CNC(C)C)n(C)n1. The van der Waals surface area contributed by atoms with E-state index in [9.17, 15) is 0 Å². The van der Waals surface area contributed by atoms with Crippen LogP contribution in [0.3, 0.4) is 0 Å². The molecule has 0 saturated carbocycles. The summed E-state index contributed by atoms with van der Waals surface area (Å²) in [6, 6.07) is 2.73. The lowest BCUT2D eigenvalue weighted by Crippen LogP contribution is -2.35. The summed E-state index contributed by atoms with van der Waals surface area (Å²) < 4.78 is 1.99. The Morgan fingerprint density at radius 1 is 1.44 bits per heavy atom. The molecule has 0 fully saturated rings. The summed E-state index contributed by atoms with van der Waals surface area (Å²) in [5.74, 6) is 0. The van der Waals surface area contributed by atoms with Crippen LogP contribution in [-0.2, 0) is 13.5 Å². The summed E-state index contributed by atoms with van der Waals surface area (Å²) >= 11 is 0. The predicted molar refractivity (Wildman–Crippen MR) is 68.6 cm³/mol. The zero-order chi connectivity index (χ0) is 12.3. The van der Waals surface area contributed by atoms with Crippen molar-refractivity contribution in [1.29, 1.82) is 0 Å². The van der Waals surface area contributed by atoms with Gasteiger partial charge in [-0.1, -0.05) is 27.7 Å². The van der Waals surface area contributed by atoms with Crippen LogP contribution in [0.4, 0.5) is 0 Å². The van der Waals surface area contributed by atoms with Crippen molar-refractivity contribution in [2.75, 3.05) is 6.54 Å². The van der Waals surface area contributed by atoms with Crippen LogP contribution >= 0.6 is 0 Å². The van der Waals surface area contributed by atoms with Crippen molar-refractivity contribution in [3.05, 3.63) is 17.5 Å². The molecule has 3 heteroatoms. The van der Waals surface area contributed by atoms with Gasteiger partial charge in [0.2, 0.25) is 0 Å². The normalized spacial score (nSPS) is 12.4. The van der Waals surface area contributed by atoms with Crippen LogP contribution in [0.5, 0.6) is 0 Å². The van der Waals surface area contributed by atoms with Crippen molar-refractivity contribution in [2.45, 2.75) is 47.1 Å². The minimum absolute atomic E-state index is 0.268. The molecule has 0 aromatic carbocycles. The highest BCUT2D eigenvalue weighted by Gasteiger charge is 2.20. The molecule has 0 spiro atoms. The molecular formula is C13H25N3. The van der Waals surface area contributed by atoms with Gasteiger partial charge in [-0.15, -0.1) is 0 Å². The first kappa shape index (κ1) is 13.2. The molecule has 0 saturated heterocycles. The van der Waals surface area contributed by atoms with Crippen molar-refractivity contribution in [3.63, 3.8) is 0 Å². The zero-order valence-corrected chi connectivity index (χ0v) is 11.5. The molecule has 1 aromatic rings. The lowest BCUT2D eigenvalue weighted by atomic mass is 9.87. The second-order valence-corrected chi connectivity index (χ2v) is 5.78. The van der Waals surface area contributed by atoms with E-state index >= 15 is 0 Å². The molecule has 16 heavy (non-hydrogen) atoms. The maximum absolute atomic E-state index is 4.39. The molecule has 3 nitrogen and oxygen atoms in total. The fraction of sp³-hybridized carbons (Fsp3) is 0.769. The number of hydrogen-bond acceptors (Lipinski definition) is 2. The van der Waals surface area contributed by atoms with Crippen LogP contribution in [0.2, 0.25) is 0 Å². The molecule has 92 valence electrons. The number of aryl methyl sites for hydroxylation is 2. The van der Waals surface area contributed by atoms with Gasteiger partial charge >= 0.3 is 0 Å². The summed E-state index contributed by atoms with van der Waals surface area (Å²) in [6.45, 7) is 12.0. The molecular weight excluding hydrogens is 198 g/mol. The molecule has 0 aliphatic carbocycles. The Kier molecular flexibility index (Phi) is 4.14. The highest BCUT2D eigenvalue weighted by atomic mass is 15.3. The van der Waals surface area contributed by atoms with E-state index in [1.54, 1.807) is 0 Å². The second kappa shape index (κ2) is 5.00. The molecule has 1 aromatic heterocycles. The van der Waals surface area contributed by atoms with Gasteiger partial charge in [0, 0.05) is 25.3 Å². The molecule has 0 bridgehead atoms. The molecule has 0 atom stereocenters. The molecule has 1 heterocycles. The van der Waals surface area contributed by atoms with Gasteiger partial charge in [-0.25, -0.2) is 0 Å². The van der Waals surface area contributed by atoms with E-state index in [-0.39, 0.29) is 5.41 Å². The fourth-order valence-corrected chi connectivity index (χ4v) is 1.86. The van der Waals surface area contributed by atoms with Crippen LogP contribution in [0, 0.1) is 12.3 Å². The van der Waals surface area contributed by atoms with Gasteiger partial charge in [-0.2, -0.15) is 5.10 Å². The van der Waals surface area contributed by atoms with Crippen LogP contribution in [-0.4, -0.2) is 22.4 Å². The number of hydrogen-bond donors (Lipinski definition) is 1.